The van der Waals surface area contributed by atoms with Crippen LogP contribution in [-0.4, -0.2) is 66.7 Å². The SMILES string of the molecule is CCCCCCCCCCCCC.CCCCCCCCCCCCC.CCCCCCCCCCCCCN(CCCCCCCCCCCC)C1CN(CCC)CCN1CCCCCCCCCCCC. The Hall–Kier alpha value is -0.120. The smallest absolute Gasteiger partial charge is 0.0754 e. The zero-order valence-corrected chi connectivity index (χ0v) is 53.1. The fourth-order valence-corrected chi connectivity index (χ4v) is 11.5. The molecule has 0 aromatic heterocycles. The van der Waals surface area contributed by atoms with Gasteiger partial charge in [-0.1, -0.05) is 376 Å². The zero-order chi connectivity index (χ0) is 53.4. The largest absolute Gasteiger partial charge is 0.299 e. The van der Waals surface area contributed by atoms with Crippen LogP contribution in [0.25, 0.3) is 0 Å². The molecule has 1 unspecified atom stereocenters. The molecule has 1 atom stereocenters. The van der Waals surface area contributed by atoms with Gasteiger partial charge in [0, 0.05) is 19.6 Å². The van der Waals surface area contributed by atoms with Gasteiger partial charge in [-0.15, -0.1) is 0 Å². The monoisotopic (exact) mass is 1030 g/mol. The highest BCUT2D eigenvalue weighted by Crippen LogP contribution is 2.21. The number of piperazine rings is 1. The van der Waals surface area contributed by atoms with Crippen molar-refractivity contribution in [3.05, 3.63) is 0 Å². The van der Waals surface area contributed by atoms with Crippen LogP contribution in [0.2, 0.25) is 0 Å². The summed E-state index contributed by atoms with van der Waals surface area (Å²) in [6.07, 6.45) is 78.5. The maximum atomic E-state index is 2.98. The highest BCUT2D eigenvalue weighted by Gasteiger charge is 2.30. The second kappa shape index (κ2) is 68.0. The maximum absolute atomic E-state index is 2.98. The van der Waals surface area contributed by atoms with Crippen LogP contribution in [-0.2, 0) is 0 Å². The van der Waals surface area contributed by atoms with Gasteiger partial charge in [0.25, 0.3) is 0 Å². The number of rotatable bonds is 57. The van der Waals surface area contributed by atoms with Crippen LogP contribution >= 0.6 is 0 Å². The normalized spacial score (nSPS) is 14.2. The minimum absolute atomic E-state index is 0.649. The fraction of sp³-hybridized carbons (Fsp3) is 1.00. The molecular weight excluding hydrogens is 883 g/mol. The van der Waals surface area contributed by atoms with Crippen molar-refractivity contribution in [1.82, 2.24) is 14.7 Å². The van der Waals surface area contributed by atoms with Crippen molar-refractivity contribution in [2.24, 2.45) is 0 Å². The average Bonchev–Trinajstić information content (AvgIpc) is 3.40. The van der Waals surface area contributed by atoms with Crippen LogP contribution in [0.1, 0.15) is 402 Å². The maximum Gasteiger partial charge on any atom is 0.0754 e. The van der Waals surface area contributed by atoms with Crippen molar-refractivity contribution in [2.75, 3.05) is 45.8 Å². The standard InChI is InChI=1S/C44H91N3.2C13H28/c1-5-9-12-15-18-21-24-27-29-32-35-39-46(38-34-31-28-25-22-19-16-13-10-6-2)44-43-45(37-8-4)41-42-47(44)40-36-33-30-26-23-20-17-14-11-7-3;2*1-3-5-7-9-11-13-12-10-8-6-4-2/h44H,5-43H2,1-4H3;2*3-13H2,1-2H3. The van der Waals surface area contributed by atoms with Gasteiger partial charge in [0.2, 0.25) is 0 Å². The first-order valence-corrected chi connectivity index (χ1v) is 35.3. The van der Waals surface area contributed by atoms with E-state index in [2.05, 4.69) is 70.1 Å². The third-order valence-electron chi connectivity index (χ3n) is 16.6. The highest BCUT2D eigenvalue weighted by atomic mass is 15.4. The third kappa shape index (κ3) is 59.4. The van der Waals surface area contributed by atoms with E-state index in [0.29, 0.717) is 6.17 Å². The molecule has 1 saturated heterocycles. The lowest BCUT2D eigenvalue weighted by Gasteiger charge is -2.47. The first-order chi connectivity index (χ1) is 36.1. The van der Waals surface area contributed by atoms with Crippen molar-refractivity contribution >= 4 is 0 Å². The summed E-state index contributed by atoms with van der Waals surface area (Å²) in [7, 11) is 0. The number of hydrogen-bond acceptors (Lipinski definition) is 3. The molecule has 0 saturated carbocycles. The molecule has 1 rings (SSSR count). The average molecular weight is 1030 g/mol. The van der Waals surface area contributed by atoms with Gasteiger partial charge in [-0.2, -0.15) is 0 Å². The summed E-state index contributed by atoms with van der Waals surface area (Å²) in [5.41, 5.74) is 0. The molecule has 73 heavy (non-hydrogen) atoms. The number of nitrogens with zero attached hydrogens (tertiary/aromatic N) is 3. The summed E-state index contributed by atoms with van der Waals surface area (Å²) >= 11 is 0. The minimum Gasteiger partial charge on any atom is -0.299 e. The first kappa shape index (κ1) is 75.0. The molecule has 1 aliphatic heterocycles. The zero-order valence-electron chi connectivity index (χ0n) is 53.1. The van der Waals surface area contributed by atoms with Crippen LogP contribution in [0.5, 0.6) is 0 Å². The van der Waals surface area contributed by atoms with E-state index in [-0.39, 0.29) is 0 Å². The molecule has 3 heteroatoms. The molecular formula is C70H147N3. The summed E-state index contributed by atoms with van der Waals surface area (Å²) in [5.74, 6) is 0. The van der Waals surface area contributed by atoms with E-state index < -0.39 is 0 Å². The topological polar surface area (TPSA) is 9.72 Å². The molecule has 3 nitrogen and oxygen atoms in total. The Kier molecular flexibility index (Phi) is 69.8. The Morgan fingerprint density at radius 1 is 0.233 bits per heavy atom. The second-order valence-electron chi connectivity index (χ2n) is 24.1. The van der Waals surface area contributed by atoms with Crippen LogP contribution < -0.4 is 0 Å². The van der Waals surface area contributed by atoms with E-state index >= 15 is 0 Å². The molecule has 0 aromatic rings. The van der Waals surface area contributed by atoms with Crippen molar-refractivity contribution < 1.29 is 0 Å². The van der Waals surface area contributed by atoms with Crippen LogP contribution in [0.15, 0.2) is 0 Å². The Balaban J connectivity index is 0. The van der Waals surface area contributed by atoms with E-state index in [9.17, 15) is 0 Å². The van der Waals surface area contributed by atoms with Gasteiger partial charge in [-0.05, 0) is 51.9 Å². The molecule has 0 aliphatic carbocycles. The predicted molar refractivity (Wildman–Crippen MR) is 338 cm³/mol. The van der Waals surface area contributed by atoms with Crippen molar-refractivity contribution in [1.29, 1.82) is 0 Å². The van der Waals surface area contributed by atoms with Crippen molar-refractivity contribution in [2.45, 2.75) is 408 Å². The van der Waals surface area contributed by atoms with E-state index in [1.807, 2.05) is 0 Å². The molecule has 0 amide bonds. The summed E-state index contributed by atoms with van der Waals surface area (Å²) in [6, 6.07) is 0. The Morgan fingerprint density at radius 3 is 0.685 bits per heavy atom. The van der Waals surface area contributed by atoms with Gasteiger partial charge in [0.15, 0.2) is 0 Å². The third-order valence-corrected chi connectivity index (χ3v) is 16.6. The molecule has 1 fully saturated rings. The van der Waals surface area contributed by atoms with E-state index in [1.54, 1.807) is 0 Å². The second-order valence-corrected chi connectivity index (χ2v) is 24.1. The molecule has 0 spiro atoms. The van der Waals surface area contributed by atoms with Gasteiger partial charge in [0.05, 0.1) is 6.17 Å². The molecule has 1 heterocycles. The predicted octanol–water partition coefficient (Wildman–Crippen LogP) is 24.4. The summed E-state index contributed by atoms with van der Waals surface area (Å²) in [5, 5.41) is 0. The van der Waals surface area contributed by atoms with Gasteiger partial charge >= 0.3 is 0 Å². The minimum atomic E-state index is 0.649. The molecule has 0 radical (unpaired) electrons. The molecule has 442 valence electrons. The summed E-state index contributed by atoms with van der Waals surface area (Å²) < 4.78 is 0. The lowest BCUT2D eigenvalue weighted by Crippen LogP contribution is -2.60. The van der Waals surface area contributed by atoms with Gasteiger partial charge in [-0.3, -0.25) is 14.7 Å². The van der Waals surface area contributed by atoms with Gasteiger partial charge < -0.3 is 0 Å². The molecule has 0 bridgehead atoms. The van der Waals surface area contributed by atoms with Gasteiger partial charge in [-0.25, -0.2) is 0 Å². The molecule has 0 aromatic carbocycles. The Morgan fingerprint density at radius 2 is 0.452 bits per heavy atom. The summed E-state index contributed by atoms with van der Waals surface area (Å²) in [4.78, 5) is 8.72. The summed E-state index contributed by atoms with van der Waals surface area (Å²) in [6.45, 7) is 27.6. The first-order valence-electron chi connectivity index (χ1n) is 35.3. The van der Waals surface area contributed by atoms with E-state index in [4.69, 9.17) is 0 Å². The van der Waals surface area contributed by atoms with E-state index in [0.717, 1.165) is 0 Å². The fourth-order valence-electron chi connectivity index (χ4n) is 11.5. The molecule has 0 N–H and O–H groups in total. The Bertz CT molecular complexity index is 880. The quantitative estimate of drug-likeness (QED) is 0.0562. The van der Waals surface area contributed by atoms with E-state index in [1.165, 1.54) is 393 Å². The van der Waals surface area contributed by atoms with Crippen LogP contribution in [0, 0.1) is 0 Å². The Labute approximate surface area is 466 Å². The van der Waals surface area contributed by atoms with Crippen LogP contribution in [0.4, 0.5) is 0 Å². The highest BCUT2D eigenvalue weighted by molar-refractivity contribution is 4.83. The lowest BCUT2D eigenvalue weighted by molar-refractivity contribution is -0.0247. The van der Waals surface area contributed by atoms with Crippen molar-refractivity contribution in [3.8, 4) is 0 Å². The number of hydrogen-bond donors (Lipinski definition) is 0. The van der Waals surface area contributed by atoms with Crippen molar-refractivity contribution in [3.63, 3.8) is 0 Å². The van der Waals surface area contributed by atoms with Crippen LogP contribution in [0.3, 0.4) is 0 Å². The lowest BCUT2D eigenvalue weighted by atomic mass is 10.0. The van der Waals surface area contributed by atoms with Gasteiger partial charge in [0.1, 0.15) is 0 Å². The number of unbranched alkanes of at least 4 members (excludes halogenated alkanes) is 48. The molecule has 1 aliphatic rings.